The Balaban J connectivity index is 1.21. The van der Waals surface area contributed by atoms with Gasteiger partial charge < -0.3 is 23.7 Å². The van der Waals surface area contributed by atoms with Crippen LogP contribution >= 0.6 is 0 Å². The molecule has 0 spiro atoms. The van der Waals surface area contributed by atoms with E-state index in [0.717, 1.165) is 12.8 Å². The van der Waals surface area contributed by atoms with Gasteiger partial charge in [0.1, 0.15) is 0 Å². The summed E-state index contributed by atoms with van der Waals surface area (Å²) in [6.45, 7) is 2.06. The molecule has 1 saturated heterocycles. The Morgan fingerprint density at radius 2 is 1.67 bits per heavy atom. The first-order valence-electron chi connectivity index (χ1n) is 9.13. The molecule has 2 amide bonds. The average Bonchev–Trinajstić information content (AvgIpc) is 3.25. The van der Waals surface area contributed by atoms with Crippen LogP contribution in [0.1, 0.15) is 45.6 Å². The van der Waals surface area contributed by atoms with Crippen molar-refractivity contribution in [3.05, 3.63) is 41.6 Å². The van der Waals surface area contributed by atoms with Crippen molar-refractivity contribution in [2.75, 3.05) is 33.0 Å². The fraction of sp³-hybridized carbons (Fsp3) is 0.421. The molecular formula is C19H19N3O5. The van der Waals surface area contributed by atoms with Gasteiger partial charge in [-0.2, -0.15) is 0 Å². The Morgan fingerprint density at radius 1 is 0.963 bits per heavy atom. The third-order valence-electron chi connectivity index (χ3n) is 5.13. The second-order valence-electron chi connectivity index (χ2n) is 6.99. The van der Waals surface area contributed by atoms with Crippen LogP contribution in [0, 0.1) is 0 Å². The van der Waals surface area contributed by atoms with Crippen molar-refractivity contribution < 1.29 is 23.5 Å². The normalized spacial score (nSPS) is 18.7. The van der Waals surface area contributed by atoms with E-state index in [2.05, 4.69) is 4.98 Å². The number of rotatable bonds is 3. The predicted octanol–water partition coefficient (Wildman–Crippen LogP) is 1.88. The lowest BCUT2D eigenvalue weighted by Crippen LogP contribution is -2.50. The number of piperazine rings is 1. The lowest BCUT2D eigenvalue weighted by Gasteiger charge is -2.34. The first kappa shape index (κ1) is 16.2. The molecule has 1 aliphatic carbocycles. The molecule has 0 atom stereocenters. The number of oxazole rings is 1. The Kier molecular flexibility index (Phi) is 3.77. The van der Waals surface area contributed by atoms with Crippen molar-refractivity contribution >= 4 is 11.8 Å². The number of aromatic nitrogens is 1. The Labute approximate surface area is 155 Å². The summed E-state index contributed by atoms with van der Waals surface area (Å²) in [5.41, 5.74) is 0.559. The molecule has 1 saturated carbocycles. The summed E-state index contributed by atoms with van der Waals surface area (Å²) in [7, 11) is 0. The molecule has 1 aromatic heterocycles. The van der Waals surface area contributed by atoms with Crippen molar-refractivity contribution in [1.29, 1.82) is 0 Å². The smallest absolute Gasteiger partial charge is 0.291 e. The molecule has 27 heavy (non-hydrogen) atoms. The lowest BCUT2D eigenvalue weighted by atomic mass is 10.1. The van der Waals surface area contributed by atoms with E-state index < -0.39 is 0 Å². The standard InChI is InChI=1S/C19H19N3O5/c23-18(13-3-4-14-15(9-13)26-11-25-14)21-5-7-22(8-6-21)19(24)16-10-20-17(27-16)12-1-2-12/h3-4,9-10,12H,1-2,5-8,11H2. The number of nitrogens with zero attached hydrogens (tertiary/aromatic N) is 3. The lowest BCUT2D eigenvalue weighted by molar-refractivity contribution is 0.0517. The van der Waals surface area contributed by atoms with Crippen molar-refractivity contribution in [3.8, 4) is 11.5 Å². The Morgan fingerprint density at radius 3 is 2.41 bits per heavy atom. The minimum atomic E-state index is -0.162. The van der Waals surface area contributed by atoms with Gasteiger partial charge in [-0.1, -0.05) is 0 Å². The van der Waals surface area contributed by atoms with Crippen LogP contribution in [0.15, 0.2) is 28.8 Å². The van der Waals surface area contributed by atoms with Crippen molar-refractivity contribution in [3.63, 3.8) is 0 Å². The predicted molar refractivity (Wildman–Crippen MR) is 92.9 cm³/mol. The molecule has 0 N–H and O–H groups in total. The third-order valence-corrected chi connectivity index (χ3v) is 5.13. The van der Waals surface area contributed by atoms with Gasteiger partial charge in [0.05, 0.1) is 6.20 Å². The van der Waals surface area contributed by atoms with E-state index in [-0.39, 0.29) is 24.4 Å². The fourth-order valence-electron chi connectivity index (χ4n) is 3.39. The highest BCUT2D eigenvalue weighted by Crippen LogP contribution is 2.39. The molecule has 0 unspecified atom stereocenters. The molecule has 2 aliphatic heterocycles. The largest absolute Gasteiger partial charge is 0.454 e. The molecule has 8 heteroatoms. The van der Waals surface area contributed by atoms with Crippen LogP contribution < -0.4 is 9.47 Å². The Bertz CT molecular complexity index is 897. The van der Waals surface area contributed by atoms with Gasteiger partial charge >= 0.3 is 0 Å². The molecule has 140 valence electrons. The number of hydrogen-bond donors (Lipinski definition) is 0. The zero-order valence-corrected chi connectivity index (χ0v) is 14.7. The fourth-order valence-corrected chi connectivity index (χ4v) is 3.39. The first-order chi connectivity index (χ1) is 13.2. The maximum atomic E-state index is 12.7. The molecule has 5 rings (SSSR count). The molecular weight excluding hydrogens is 350 g/mol. The van der Waals surface area contributed by atoms with Crippen molar-refractivity contribution in [2.24, 2.45) is 0 Å². The number of hydrogen-bond acceptors (Lipinski definition) is 6. The monoisotopic (exact) mass is 369 g/mol. The van der Waals surface area contributed by atoms with Gasteiger partial charge in [-0.3, -0.25) is 9.59 Å². The van der Waals surface area contributed by atoms with Crippen molar-refractivity contribution in [1.82, 2.24) is 14.8 Å². The second-order valence-corrected chi connectivity index (χ2v) is 6.99. The van der Waals surface area contributed by atoms with Crippen LogP contribution in [0.3, 0.4) is 0 Å². The number of fused-ring (bicyclic) bond motifs is 1. The van der Waals surface area contributed by atoms with Gasteiger partial charge in [-0.15, -0.1) is 0 Å². The summed E-state index contributed by atoms with van der Waals surface area (Å²) in [5.74, 6) is 2.33. The highest BCUT2D eigenvalue weighted by Gasteiger charge is 2.32. The molecule has 3 aliphatic rings. The number of amides is 2. The third kappa shape index (κ3) is 3.01. The Hall–Kier alpha value is -3.03. The van der Waals surface area contributed by atoms with Crippen LogP contribution in [0.5, 0.6) is 11.5 Å². The summed E-state index contributed by atoms with van der Waals surface area (Å²) >= 11 is 0. The summed E-state index contributed by atoms with van der Waals surface area (Å²) in [4.78, 5) is 33.0. The topological polar surface area (TPSA) is 85.1 Å². The summed E-state index contributed by atoms with van der Waals surface area (Å²) in [5, 5.41) is 0. The van der Waals surface area contributed by atoms with Crippen LogP contribution in [0.4, 0.5) is 0 Å². The van der Waals surface area contributed by atoms with Gasteiger partial charge in [0.25, 0.3) is 11.8 Å². The van der Waals surface area contributed by atoms with E-state index >= 15 is 0 Å². The molecule has 1 aromatic carbocycles. The van der Waals surface area contributed by atoms with E-state index in [4.69, 9.17) is 13.9 Å². The van der Waals surface area contributed by atoms with Gasteiger partial charge in [0, 0.05) is 37.7 Å². The molecule has 0 bridgehead atoms. The minimum absolute atomic E-state index is 0.0731. The highest BCUT2D eigenvalue weighted by atomic mass is 16.7. The van der Waals surface area contributed by atoms with Gasteiger partial charge in [0.15, 0.2) is 17.4 Å². The van der Waals surface area contributed by atoms with Crippen LogP contribution in [-0.2, 0) is 0 Å². The van der Waals surface area contributed by atoms with Gasteiger partial charge in [0.2, 0.25) is 12.6 Å². The zero-order chi connectivity index (χ0) is 18.4. The first-order valence-corrected chi connectivity index (χ1v) is 9.13. The van der Waals surface area contributed by atoms with E-state index in [0.29, 0.717) is 55.1 Å². The average molecular weight is 369 g/mol. The van der Waals surface area contributed by atoms with Crippen LogP contribution in [0.25, 0.3) is 0 Å². The van der Waals surface area contributed by atoms with Gasteiger partial charge in [-0.05, 0) is 31.0 Å². The van der Waals surface area contributed by atoms with E-state index in [1.54, 1.807) is 28.0 Å². The van der Waals surface area contributed by atoms with Crippen LogP contribution in [0.2, 0.25) is 0 Å². The molecule has 2 aromatic rings. The maximum absolute atomic E-state index is 12.7. The van der Waals surface area contributed by atoms with E-state index in [1.165, 1.54) is 6.20 Å². The number of ether oxygens (including phenoxy) is 2. The highest BCUT2D eigenvalue weighted by molar-refractivity contribution is 5.95. The second kappa shape index (κ2) is 6.29. The summed E-state index contributed by atoms with van der Waals surface area (Å²) < 4.78 is 16.2. The number of carbonyl (C=O) groups is 2. The van der Waals surface area contributed by atoms with Gasteiger partial charge in [-0.25, -0.2) is 4.98 Å². The van der Waals surface area contributed by atoms with Crippen LogP contribution in [-0.4, -0.2) is 59.6 Å². The molecule has 3 heterocycles. The minimum Gasteiger partial charge on any atom is -0.454 e. The summed E-state index contributed by atoms with van der Waals surface area (Å²) in [6, 6.07) is 5.19. The molecule has 2 fully saturated rings. The van der Waals surface area contributed by atoms with E-state index in [1.807, 2.05) is 0 Å². The quantitative estimate of drug-likeness (QED) is 0.821. The number of benzene rings is 1. The van der Waals surface area contributed by atoms with Crippen molar-refractivity contribution in [2.45, 2.75) is 18.8 Å². The number of carbonyl (C=O) groups excluding carboxylic acids is 2. The molecule has 0 radical (unpaired) electrons. The SMILES string of the molecule is O=C(c1ccc2c(c1)OCO2)N1CCN(C(=O)c2cnc(C3CC3)o2)CC1. The maximum Gasteiger partial charge on any atom is 0.291 e. The summed E-state index contributed by atoms with van der Waals surface area (Å²) in [6.07, 6.45) is 3.67. The molecule has 8 nitrogen and oxygen atoms in total. The zero-order valence-electron chi connectivity index (χ0n) is 14.7. The van der Waals surface area contributed by atoms with E-state index in [9.17, 15) is 9.59 Å².